The lowest BCUT2D eigenvalue weighted by atomic mass is 10.2. The highest BCUT2D eigenvalue weighted by atomic mass is 127. The molecule has 1 aliphatic rings. The van der Waals surface area contributed by atoms with E-state index in [1.165, 1.54) is 4.88 Å². The van der Waals surface area contributed by atoms with E-state index in [-0.39, 0.29) is 24.0 Å². The van der Waals surface area contributed by atoms with Crippen LogP contribution in [0.3, 0.4) is 0 Å². The predicted octanol–water partition coefficient (Wildman–Crippen LogP) is 2.76. The van der Waals surface area contributed by atoms with Gasteiger partial charge in [-0.25, -0.2) is 13.4 Å². The molecule has 1 fully saturated rings. The molecule has 1 saturated heterocycles. The first-order valence-corrected chi connectivity index (χ1v) is 11.7. The Kier molecular flexibility index (Phi) is 9.31. The Morgan fingerprint density at radius 3 is 2.48 bits per heavy atom. The van der Waals surface area contributed by atoms with Crippen LogP contribution in [-0.2, 0) is 23.0 Å². The number of nitrogens with one attached hydrogen (secondary N) is 2. The molecule has 7 nitrogen and oxygen atoms in total. The lowest BCUT2D eigenvalue weighted by molar-refractivity contribution is 0.477. The SMILES string of the molecule is CN=C(NCCc1ncc(C)s1)NCc1ccc(S(=O)(=O)N2CCCC2)cc1.I. The number of hydrogen-bond acceptors (Lipinski definition) is 5. The summed E-state index contributed by atoms with van der Waals surface area (Å²) < 4.78 is 26.7. The van der Waals surface area contributed by atoms with E-state index in [9.17, 15) is 8.42 Å². The van der Waals surface area contributed by atoms with Crippen molar-refractivity contribution in [3.8, 4) is 0 Å². The summed E-state index contributed by atoms with van der Waals surface area (Å²) in [6.45, 7) is 4.61. The van der Waals surface area contributed by atoms with E-state index in [0.29, 0.717) is 30.5 Å². The Labute approximate surface area is 194 Å². The van der Waals surface area contributed by atoms with E-state index in [0.717, 1.165) is 36.4 Å². The number of benzene rings is 1. The molecule has 0 amide bonds. The van der Waals surface area contributed by atoms with Crippen molar-refractivity contribution < 1.29 is 8.42 Å². The van der Waals surface area contributed by atoms with E-state index >= 15 is 0 Å². The number of sulfonamides is 1. The Morgan fingerprint density at radius 1 is 1.21 bits per heavy atom. The summed E-state index contributed by atoms with van der Waals surface area (Å²) in [7, 11) is -1.63. The Balaban J connectivity index is 0.00000300. The first kappa shape index (κ1) is 24.0. The molecule has 2 N–H and O–H groups in total. The van der Waals surface area contributed by atoms with Crippen molar-refractivity contribution in [1.82, 2.24) is 19.9 Å². The predicted molar refractivity (Wildman–Crippen MR) is 129 cm³/mol. The summed E-state index contributed by atoms with van der Waals surface area (Å²) in [4.78, 5) is 10.2. The lowest BCUT2D eigenvalue weighted by Gasteiger charge is -2.16. The third-order valence-electron chi connectivity index (χ3n) is 4.61. The van der Waals surface area contributed by atoms with Crippen molar-refractivity contribution in [2.45, 2.75) is 37.6 Å². The third-order valence-corrected chi connectivity index (χ3v) is 7.50. The monoisotopic (exact) mass is 549 g/mol. The fourth-order valence-electron chi connectivity index (χ4n) is 3.07. The summed E-state index contributed by atoms with van der Waals surface area (Å²) in [5.74, 6) is 0.710. The first-order valence-electron chi connectivity index (χ1n) is 9.44. The molecular formula is C19H28IN5O2S2. The molecule has 0 spiro atoms. The Hall–Kier alpha value is -1.24. The van der Waals surface area contributed by atoms with Crippen LogP contribution in [0.5, 0.6) is 0 Å². The molecule has 3 rings (SSSR count). The average Bonchev–Trinajstić information content (AvgIpc) is 3.37. The van der Waals surface area contributed by atoms with Crippen LogP contribution in [0.1, 0.15) is 28.3 Å². The van der Waals surface area contributed by atoms with Gasteiger partial charge in [0.05, 0.1) is 9.90 Å². The summed E-state index contributed by atoms with van der Waals surface area (Å²) in [6, 6.07) is 7.07. The van der Waals surface area contributed by atoms with Crippen LogP contribution in [0.15, 0.2) is 40.4 Å². The molecule has 0 atom stereocenters. The van der Waals surface area contributed by atoms with Gasteiger partial charge < -0.3 is 10.6 Å². The molecule has 160 valence electrons. The number of nitrogens with zero attached hydrogens (tertiary/aromatic N) is 3. The minimum absolute atomic E-state index is 0. The smallest absolute Gasteiger partial charge is 0.243 e. The fourth-order valence-corrected chi connectivity index (χ4v) is 5.37. The van der Waals surface area contributed by atoms with Crippen molar-refractivity contribution in [3.05, 3.63) is 45.9 Å². The maximum absolute atomic E-state index is 12.6. The number of guanidine groups is 1. The number of hydrogen-bond donors (Lipinski definition) is 2. The molecule has 0 aliphatic carbocycles. The van der Waals surface area contributed by atoms with Crippen LogP contribution < -0.4 is 10.6 Å². The second-order valence-corrected chi connectivity index (χ2v) is 9.98. The highest BCUT2D eigenvalue weighted by Gasteiger charge is 2.26. The van der Waals surface area contributed by atoms with Gasteiger partial charge in [0.15, 0.2) is 5.96 Å². The van der Waals surface area contributed by atoms with Crippen LogP contribution in [-0.4, -0.2) is 50.3 Å². The molecule has 1 aromatic carbocycles. The summed E-state index contributed by atoms with van der Waals surface area (Å²) in [5.41, 5.74) is 0.999. The topological polar surface area (TPSA) is 86.7 Å². The second kappa shape index (κ2) is 11.2. The van der Waals surface area contributed by atoms with Crippen molar-refractivity contribution in [2.75, 3.05) is 26.7 Å². The van der Waals surface area contributed by atoms with Crippen LogP contribution in [0.4, 0.5) is 0 Å². The zero-order chi connectivity index (χ0) is 20.0. The molecule has 10 heteroatoms. The van der Waals surface area contributed by atoms with Gasteiger partial charge >= 0.3 is 0 Å². The van der Waals surface area contributed by atoms with Crippen molar-refractivity contribution in [1.29, 1.82) is 0 Å². The number of halogens is 1. The van der Waals surface area contributed by atoms with E-state index in [2.05, 4.69) is 27.5 Å². The first-order chi connectivity index (χ1) is 13.5. The molecule has 1 aromatic heterocycles. The van der Waals surface area contributed by atoms with Gasteiger partial charge in [0, 0.05) is 50.7 Å². The molecule has 29 heavy (non-hydrogen) atoms. The van der Waals surface area contributed by atoms with Gasteiger partial charge in [0.1, 0.15) is 0 Å². The standard InChI is InChI=1S/C19H27N5O2S2.HI/c1-15-13-22-18(27-15)9-10-21-19(20-2)23-14-16-5-7-17(8-6-16)28(25,26)24-11-3-4-12-24;/h5-8,13H,3-4,9-12,14H2,1-2H3,(H2,20,21,23);1H. The number of aryl methyl sites for hydroxylation is 1. The molecule has 0 unspecified atom stereocenters. The van der Waals surface area contributed by atoms with Crippen molar-refractivity contribution >= 4 is 51.3 Å². The maximum Gasteiger partial charge on any atom is 0.243 e. The van der Waals surface area contributed by atoms with E-state index in [1.807, 2.05) is 18.3 Å². The molecular weight excluding hydrogens is 521 g/mol. The zero-order valence-electron chi connectivity index (χ0n) is 16.7. The van der Waals surface area contributed by atoms with Gasteiger partial charge in [-0.05, 0) is 37.5 Å². The minimum Gasteiger partial charge on any atom is -0.356 e. The van der Waals surface area contributed by atoms with Gasteiger partial charge in [0.2, 0.25) is 10.0 Å². The number of rotatable bonds is 7. The van der Waals surface area contributed by atoms with E-state index in [4.69, 9.17) is 0 Å². The lowest BCUT2D eigenvalue weighted by Crippen LogP contribution is -2.37. The summed E-state index contributed by atoms with van der Waals surface area (Å²) in [6.07, 6.45) is 4.62. The summed E-state index contributed by atoms with van der Waals surface area (Å²) in [5, 5.41) is 7.63. The Morgan fingerprint density at radius 2 is 1.90 bits per heavy atom. The average molecular weight is 550 g/mol. The highest BCUT2D eigenvalue weighted by molar-refractivity contribution is 14.0. The van der Waals surface area contributed by atoms with Crippen LogP contribution in [0.25, 0.3) is 0 Å². The van der Waals surface area contributed by atoms with Gasteiger partial charge in [-0.15, -0.1) is 35.3 Å². The largest absolute Gasteiger partial charge is 0.356 e. The van der Waals surface area contributed by atoms with Gasteiger partial charge in [-0.1, -0.05) is 12.1 Å². The Bertz CT molecular complexity index is 907. The van der Waals surface area contributed by atoms with Crippen molar-refractivity contribution in [3.63, 3.8) is 0 Å². The normalized spacial score (nSPS) is 15.2. The number of thiazole rings is 1. The zero-order valence-corrected chi connectivity index (χ0v) is 20.7. The minimum atomic E-state index is -3.36. The highest BCUT2D eigenvalue weighted by Crippen LogP contribution is 2.21. The third kappa shape index (κ3) is 6.63. The van der Waals surface area contributed by atoms with E-state index in [1.54, 1.807) is 34.8 Å². The van der Waals surface area contributed by atoms with Gasteiger partial charge in [-0.2, -0.15) is 4.31 Å². The van der Waals surface area contributed by atoms with Crippen LogP contribution >= 0.6 is 35.3 Å². The maximum atomic E-state index is 12.6. The quantitative estimate of drug-likeness (QED) is 0.315. The molecule has 2 aromatic rings. The van der Waals surface area contributed by atoms with E-state index < -0.39 is 10.0 Å². The molecule has 0 bridgehead atoms. The van der Waals surface area contributed by atoms with Gasteiger partial charge in [-0.3, -0.25) is 4.99 Å². The van der Waals surface area contributed by atoms with Crippen LogP contribution in [0.2, 0.25) is 0 Å². The molecule has 0 saturated carbocycles. The second-order valence-electron chi connectivity index (χ2n) is 6.72. The molecule has 1 aliphatic heterocycles. The number of aromatic nitrogens is 1. The van der Waals surface area contributed by atoms with Crippen molar-refractivity contribution in [2.24, 2.45) is 4.99 Å². The molecule has 2 heterocycles. The van der Waals surface area contributed by atoms with Gasteiger partial charge in [0.25, 0.3) is 0 Å². The summed E-state index contributed by atoms with van der Waals surface area (Å²) >= 11 is 1.71. The number of aliphatic imine (C=N–C) groups is 1. The van der Waals surface area contributed by atoms with Crippen LogP contribution in [0, 0.1) is 6.92 Å². The fraction of sp³-hybridized carbons (Fsp3) is 0.474. The molecule has 0 radical (unpaired) electrons.